The molecule has 1 atom stereocenters. The summed E-state index contributed by atoms with van der Waals surface area (Å²) in [6.07, 6.45) is 0.721. The molecule has 1 aromatic heterocycles. The van der Waals surface area contributed by atoms with Crippen LogP contribution in [0.4, 0.5) is 11.7 Å². The first-order chi connectivity index (χ1) is 15.0. The number of aromatic nitrogens is 2. The van der Waals surface area contributed by atoms with Gasteiger partial charge in [0.05, 0.1) is 11.4 Å². The number of nitrogens with zero attached hydrogens (tertiary/aromatic N) is 5. The number of para-hydroxylation sites is 1. The summed E-state index contributed by atoms with van der Waals surface area (Å²) >= 11 is 0. The lowest BCUT2D eigenvalue weighted by molar-refractivity contribution is -0.116. The highest BCUT2D eigenvalue weighted by atomic mass is 16.4. The molecule has 0 saturated carbocycles. The molecule has 3 aromatic rings. The fourth-order valence-corrected chi connectivity index (χ4v) is 3.09. The van der Waals surface area contributed by atoms with Gasteiger partial charge < -0.3 is 20.0 Å². The first-order valence-electron chi connectivity index (χ1n) is 9.54. The topological polar surface area (TPSA) is 108 Å². The van der Waals surface area contributed by atoms with Crippen molar-refractivity contribution in [2.45, 2.75) is 6.17 Å². The van der Waals surface area contributed by atoms with Crippen molar-refractivity contribution in [3.8, 4) is 0 Å². The molecule has 9 nitrogen and oxygen atoms in total. The van der Waals surface area contributed by atoms with E-state index in [1.807, 2.05) is 68.7 Å². The Morgan fingerprint density at radius 1 is 1.16 bits per heavy atom. The minimum absolute atomic E-state index is 0.0468. The predicted octanol–water partition coefficient (Wildman–Crippen LogP) is 2.86. The number of hydrogen-bond donors (Lipinski definition) is 2. The summed E-state index contributed by atoms with van der Waals surface area (Å²) in [5.41, 5.74) is 3.48. The Bertz CT molecular complexity index is 1170. The summed E-state index contributed by atoms with van der Waals surface area (Å²) in [6, 6.07) is 17.2. The van der Waals surface area contributed by atoms with Gasteiger partial charge in [-0.2, -0.15) is 0 Å². The number of anilines is 2. The molecular weight excluding hydrogens is 394 g/mol. The number of aliphatic imine (C=N–C) groups is 2. The van der Waals surface area contributed by atoms with Crippen molar-refractivity contribution in [3.05, 3.63) is 77.8 Å². The molecule has 2 N–H and O–H groups in total. The molecule has 31 heavy (non-hydrogen) atoms. The smallest absolute Gasteiger partial charge is 0.317 e. The average molecular weight is 415 g/mol. The van der Waals surface area contributed by atoms with Gasteiger partial charge in [-0.15, -0.1) is 5.10 Å². The van der Waals surface area contributed by atoms with Crippen LogP contribution in [0.3, 0.4) is 0 Å². The van der Waals surface area contributed by atoms with E-state index in [1.54, 1.807) is 11.1 Å². The Balaban J connectivity index is 1.69. The van der Waals surface area contributed by atoms with Gasteiger partial charge in [0.15, 0.2) is 0 Å². The van der Waals surface area contributed by atoms with Crippen molar-refractivity contribution in [2.75, 3.05) is 24.7 Å². The molecule has 1 aliphatic heterocycles. The minimum atomic E-state index is -0.978. The molecule has 1 aliphatic rings. The number of benzene rings is 2. The van der Waals surface area contributed by atoms with Crippen molar-refractivity contribution >= 4 is 35.7 Å². The van der Waals surface area contributed by atoms with Crippen LogP contribution in [0.25, 0.3) is 5.70 Å². The molecule has 0 spiro atoms. The van der Waals surface area contributed by atoms with Crippen molar-refractivity contribution in [1.29, 1.82) is 0 Å². The zero-order valence-corrected chi connectivity index (χ0v) is 17.1. The lowest BCUT2D eigenvalue weighted by Crippen LogP contribution is -2.32. The molecule has 2 heterocycles. The molecule has 0 saturated heterocycles. The van der Waals surface area contributed by atoms with E-state index in [1.165, 1.54) is 0 Å². The summed E-state index contributed by atoms with van der Waals surface area (Å²) in [5.74, 6) is -0.167. The van der Waals surface area contributed by atoms with Gasteiger partial charge in [0.25, 0.3) is 11.8 Å². The van der Waals surface area contributed by atoms with E-state index in [4.69, 9.17) is 9.41 Å². The number of carbonyl (C=O) groups is 1. The molecule has 2 aromatic carbocycles. The average Bonchev–Trinajstić information content (AvgIpc) is 3.18. The zero-order chi connectivity index (χ0) is 21.8. The van der Waals surface area contributed by atoms with Crippen molar-refractivity contribution in [1.82, 2.24) is 15.1 Å². The van der Waals surface area contributed by atoms with E-state index in [0.29, 0.717) is 17.1 Å². The lowest BCUT2D eigenvalue weighted by Gasteiger charge is -2.11. The molecule has 0 radical (unpaired) electrons. The van der Waals surface area contributed by atoms with Crippen LogP contribution in [0.15, 0.2) is 75.2 Å². The van der Waals surface area contributed by atoms with Crippen molar-refractivity contribution < 1.29 is 9.21 Å². The van der Waals surface area contributed by atoms with Crippen molar-refractivity contribution in [2.24, 2.45) is 9.98 Å². The Hall–Kier alpha value is -4.27. The first kappa shape index (κ1) is 20.0. The Morgan fingerprint density at radius 3 is 2.65 bits per heavy atom. The van der Waals surface area contributed by atoms with Crippen LogP contribution in [-0.4, -0.2) is 53.7 Å². The molecule has 4 rings (SSSR count). The third kappa shape index (κ3) is 4.35. The Kier molecular flexibility index (Phi) is 5.57. The van der Waals surface area contributed by atoms with Gasteiger partial charge in [0.2, 0.25) is 6.17 Å². The van der Waals surface area contributed by atoms with Gasteiger partial charge in [-0.3, -0.25) is 9.79 Å². The fourth-order valence-electron chi connectivity index (χ4n) is 3.09. The molecule has 0 bridgehead atoms. The summed E-state index contributed by atoms with van der Waals surface area (Å²) in [5, 5.41) is 13.8. The Morgan fingerprint density at radius 2 is 1.90 bits per heavy atom. The minimum Gasteiger partial charge on any atom is -0.402 e. The molecule has 0 fully saturated rings. The monoisotopic (exact) mass is 415 g/mol. The van der Waals surface area contributed by atoms with E-state index >= 15 is 0 Å². The summed E-state index contributed by atoms with van der Waals surface area (Å²) in [6.45, 7) is 3.53. The van der Waals surface area contributed by atoms with Gasteiger partial charge in [-0.1, -0.05) is 53.6 Å². The molecule has 9 heteroatoms. The lowest BCUT2D eigenvalue weighted by atomic mass is 10.0. The van der Waals surface area contributed by atoms with Crippen LogP contribution < -0.4 is 10.6 Å². The van der Waals surface area contributed by atoms with Gasteiger partial charge in [-0.25, -0.2) is 4.99 Å². The van der Waals surface area contributed by atoms with Gasteiger partial charge >= 0.3 is 6.01 Å². The van der Waals surface area contributed by atoms with Crippen LogP contribution in [0, 0.1) is 0 Å². The number of carbonyl (C=O) groups excluding carboxylic acids is 1. The third-order valence-electron chi connectivity index (χ3n) is 4.45. The quantitative estimate of drug-likeness (QED) is 0.600. The van der Waals surface area contributed by atoms with Gasteiger partial charge in [0.1, 0.15) is 5.70 Å². The number of amides is 1. The number of benzodiazepines with no additional fused rings is 1. The highest BCUT2D eigenvalue weighted by molar-refractivity contribution is 6.19. The van der Waals surface area contributed by atoms with Crippen LogP contribution in [0.2, 0.25) is 0 Å². The van der Waals surface area contributed by atoms with E-state index < -0.39 is 6.17 Å². The molecule has 1 amide bonds. The maximum absolute atomic E-state index is 12.9. The van der Waals surface area contributed by atoms with Crippen molar-refractivity contribution in [3.63, 3.8) is 0 Å². The molecule has 1 unspecified atom stereocenters. The maximum atomic E-state index is 12.9. The molecular formula is C22H21N7O2. The van der Waals surface area contributed by atoms with E-state index in [9.17, 15) is 4.79 Å². The van der Waals surface area contributed by atoms with E-state index in [0.717, 1.165) is 11.1 Å². The maximum Gasteiger partial charge on any atom is 0.317 e. The first-order valence-corrected chi connectivity index (χ1v) is 9.54. The van der Waals surface area contributed by atoms with Gasteiger partial charge in [0, 0.05) is 31.4 Å². The van der Waals surface area contributed by atoms with E-state index in [2.05, 4.69) is 32.5 Å². The SMILES string of the molecule is C=N/C(=C\N(C)C)c1nnc(NC2N=C(c3ccccc3)c3ccccc3NC2=O)o1. The third-order valence-corrected chi connectivity index (χ3v) is 4.45. The van der Waals surface area contributed by atoms with E-state index in [-0.39, 0.29) is 17.8 Å². The predicted molar refractivity (Wildman–Crippen MR) is 120 cm³/mol. The standard InChI is InChI=1S/C22H21N7O2/c1-23-17(13-29(2)3)21-27-28-22(31-21)26-19-20(30)24-16-12-8-7-11-15(16)18(25-19)14-9-5-4-6-10-14/h4-13,19H,1H2,2-3H3,(H,24,30)(H,26,28)/b17-13-. The second-order valence-corrected chi connectivity index (χ2v) is 6.97. The zero-order valence-electron chi connectivity index (χ0n) is 17.1. The Labute approximate surface area is 179 Å². The summed E-state index contributed by atoms with van der Waals surface area (Å²) in [4.78, 5) is 23.3. The van der Waals surface area contributed by atoms with Crippen LogP contribution in [-0.2, 0) is 4.79 Å². The van der Waals surface area contributed by atoms with Crippen LogP contribution in [0.1, 0.15) is 17.0 Å². The van der Waals surface area contributed by atoms with Gasteiger partial charge in [-0.05, 0) is 12.8 Å². The molecule has 156 valence electrons. The number of nitrogens with one attached hydrogen (secondary N) is 2. The largest absolute Gasteiger partial charge is 0.402 e. The number of fused-ring (bicyclic) bond motifs is 1. The highest BCUT2D eigenvalue weighted by Gasteiger charge is 2.27. The summed E-state index contributed by atoms with van der Waals surface area (Å²) < 4.78 is 5.64. The fraction of sp³-hybridized carbons (Fsp3) is 0.136. The van der Waals surface area contributed by atoms with Crippen LogP contribution >= 0.6 is 0 Å². The second kappa shape index (κ2) is 8.62. The highest BCUT2D eigenvalue weighted by Crippen LogP contribution is 2.25. The number of rotatable bonds is 6. The second-order valence-electron chi connectivity index (χ2n) is 6.97. The normalized spacial score (nSPS) is 15.9. The van der Waals surface area contributed by atoms with Crippen LogP contribution in [0.5, 0.6) is 0 Å². The molecule has 0 aliphatic carbocycles. The summed E-state index contributed by atoms with van der Waals surface area (Å²) in [7, 11) is 3.68. The number of hydrogen-bond acceptors (Lipinski definition) is 8.